The zero-order chi connectivity index (χ0) is 21.6. The summed E-state index contributed by atoms with van der Waals surface area (Å²) in [6.07, 6.45) is -4.88. The van der Waals surface area contributed by atoms with Gasteiger partial charge in [-0.25, -0.2) is 0 Å². The minimum atomic E-state index is -4.88. The SMILES string of the molecule is CC(NC(=O)c1cccc([N+](=O)[O-])c1)C(=O)NCc1ccccc1OC(F)(F)F. The summed E-state index contributed by atoms with van der Waals surface area (Å²) in [6, 6.07) is 9.21. The number of carbonyl (C=O) groups is 2. The van der Waals surface area contributed by atoms with Gasteiger partial charge < -0.3 is 15.4 Å². The Morgan fingerprint density at radius 1 is 1.17 bits per heavy atom. The van der Waals surface area contributed by atoms with Crippen molar-refractivity contribution in [3.8, 4) is 5.75 Å². The number of nitrogens with one attached hydrogen (secondary N) is 2. The van der Waals surface area contributed by atoms with E-state index in [0.717, 1.165) is 12.1 Å². The third-order valence-electron chi connectivity index (χ3n) is 3.71. The van der Waals surface area contributed by atoms with Crippen LogP contribution in [-0.4, -0.2) is 29.1 Å². The molecule has 0 radical (unpaired) electrons. The van der Waals surface area contributed by atoms with Crippen molar-refractivity contribution in [2.24, 2.45) is 0 Å². The lowest BCUT2D eigenvalue weighted by atomic mass is 10.1. The summed E-state index contributed by atoms with van der Waals surface area (Å²) in [7, 11) is 0. The minimum absolute atomic E-state index is 0.0113. The first-order valence-corrected chi connectivity index (χ1v) is 8.23. The molecule has 0 saturated heterocycles. The largest absolute Gasteiger partial charge is 0.573 e. The molecular formula is C18H16F3N3O5. The fourth-order valence-corrected chi connectivity index (χ4v) is 2.32. The van der Waals surface area contributed by atoms with Crippen molar-refractivity contribution in [1.29, 1.82) is 0 Å². The van der Waals surface area contributed by atoms with Gasteiger partial charge in [-0.15, -0.1) is 13.2 Å². The normalized spacial score (nSPS) is 12.0. The molecule has 1 unspecified atom stereocenters. The Balaban J connectivity index is 1.97. The maximum absolute atomic E-state index is 12.4. The van der Waals surface area contributed by atoms with Crippen LogP contribution in [0.15, 0.2) is 48.5 Å². The van der Waals surface area contributed by atoms with Crippen molar-refractivity contribution in [3.05, 3.63) is 69.8 Å². The minimum Gasteiger partial charge on any atom is -0.405 e. The van der Waals surface area contributed by atoms with Crippen molar-refractivity contribution in [3.63, 3.8) is 0 Å². The van der Waals surface area contributed by atoms with Gasteiger partial charge in [0.05, 0.1) is 4.92 Å². The summed E-state index contributed by atoms with van der Waals surface area (Å²) in [5.74, 6) is -1.82. The Bertz CT molecular complexity index is 918. The summed E-state index contributed by atoms with van der Waals surface area (Å²) in [5, 5.41) is 15.5. The second kappa shape index (κ2) is 9.04. The van der Waals surface area contributed by atoms with Crippen LogP contribution in [-0.2, 0) is 11.3 Å². The van der Waals surface area contributed by atoms with Crippen molar-refractivity contribution >= 4 is 17.5 Å². The van der Waals surface area contributed by atoms with E-state index < -0.39 is 34.9 Å². The van der Waals surface area contributed by atoms with Gasteiger partial charge in [-0.3, -0.25) is 19.7 Å². The summed E-state index contributed by atoms with van der Waals surface area (Å²) < 4.78 is 41.2. The smallest absolute Gasteiger partial charge is 0.405 e. The van der Waals surface area contributed by atoms with Gasteiger partial charge in [0.2, 0.25) is 5.91 Å². The number of alkyl halides is 3. The third-order valence-corrected chi connectivity index (χ3v) is 3.71. The Hall–Kier alpha value is -3.63. The van der Waals surface area contributed by atoms with Gasteiger partial charge in [0.25, 0.3) is 11.6 Å². The van der Waals surface area contributed by atoms with Crippen LogP contribution < -0.4 is 15.4 Å². The molecule has 1 atom stereocenters. The predicted molar refractivity (Wildman–Crippen MR) is 95.0 cm³/mol. The average Bonchev–Trinajstić information content (AvgIpc) is 2.65. The van der Waals surface area contributed by atoms with Gasteiger partial charge in [0.1, 0.15) is 11.8 Å². The first-order valence-electron chi connectivity index (χ1n) is 8.23. The Kier molecular flexibility index (Phi) is 6.75. The summed E-state index contributed by atoms with van der Waals surface area (Å²) in [6.45, 7) is 1.10. The van der Waals surface area contributed by atoms with Crippen molar-refractivity contribution in [1.82, 2.24) is 10.6 Å². The van der Waals surface area contributed by atoms with Crippen LogP contribution >= 0.6 is 0 Å². The number of para-hydroxylation sites is 1. The highest BCUT2D eigenvalue weighted by Crippen LogP contribution is 2.26. The zero-order valence-electron chi connectivity index (χ0n) is 15.0. The molecule has 0 aliphatic rings. The Morgan fingerprint density at radius 2 is 1.86 bits per heavy atom. The number of nitro benzene ring substituents is 1. The predicted octanol–water partition coefficient (Wildman–Crippen LogP) is 2.93. The zero-order valence-corrected chi connectivity index (χ0v) is 15.0. The molecule has 2 aromatic rings. The number of non-ortho nitro benzene ring substituents is 1. The van der Waals surface area contributed by atoms with Crippen molar-refractivity contribution in [2.75, 3.05) is 0 Å². The second-order valence-corrected chi connectivity index (χ2v) is 5.88. The molecule has 0 aliphatic carbocycles. The highest BCUT2D eigenvalue weighted by Gasteiger charge is 2.32. The van der Waals surface area contributed by atoms with Crippen LogP contribution in [0.1, 0.15) is 22.8 Å². The number of benzene rings is 2. The van der Waals surface area contributed by atoms with Crippen LogP contribution in [0.5, 0.6) is 5.75 Å². The number of amides is 2. The average molecular weight is 411 g/mol. The topological polar surface area (TPSA) is 111 Å². The lowest BCUT2D eigenvalue weighted by Gasteiger charge is -2.16. The molecule has 8 nitrogen and oxygen atoms in total. The van der Waals surface area contributed by atoms with E-state index in [1.807, 2.05) is 0 Å². The van der Waals surface area contributed by atoms with Gasteiger partial charge in [0.15, 0.2) is 0 Å². The number of nitrogens with zero attached hydrogens (tertiary/aromatic N) is 1. The highest BCUT2D eigenvalue weighted by atomic mass is 19.4. The van der Waals surface area contributed by atoms with Gasteiger partial charge in [-0.1, -0.05) is 24.3 Å². The number of hydrogen-bond donors (Lipinski definition) is 2. The molecular weight excluding hydrogens is 395 g/mol. The summed E-state index contributed by atoms with van der Waals surface area (Å²) in [5.41, 5.74) is -0.200. The molecule has 2 aromatic carbocycles. The quantitative estimate of drug-likeness (QED) is 0.538. The van der Waals surface area contributed by atoms with Crippen LogP contribution in [0.3, 0.4) is 0 Å². The highest BCUT2D eigenvalue weighted by molar-refractivity contribution is 5.97. The molecule has 0 bridgehead atoms. The second-order valence-electron chi connectivity index (χ2n) is 5.88. The number of nitro groups is 1. The lowest BCUT2D eigenvalue weighted by molar-refractivity contribution is -0.384. The number of hydrogen-bond acceptors (Lipinski definition) is 5. The molecule has 11 heteroatoms. The number of ether oxygens (including phenoxy) is 1. The molecule has 2 amide bonds. The van der Waals surface area contributed by atoms with Gasteiger partial charge in [0, 0.05) is 29.8 Å². The fraction of sp³-hybridized carbons (Fsp3) is 0.222. The fourth-order valence-electron chi connectivity index (χ4n) is 2.32. The molecule has 0 heterocycles. The van der Waals surface area contributed by atoms with Crippen LogP contribution in [0.4, 0.5) is 18.9 Å². The van der Waals surface area contributed by atoms with E-state index in [0.29, 0.717) is 0 Å². The van der Waals surface area contributed by atoms with Crippen LogP contribution in [0, 0.1) is 10.1 Å². The van der Waals surface area contributed by atoms with E-state index in [2.05, 4.69) is 15.4 Å². The maximum Gasteiger partial charge on any atom is 0.573 e. The first-order chi connectivity index (χ1) is 13.6. The maximum atomic E-state index is 12.4. The Labute approximate surface area is 162 Å². The molecule has 29 heavy (non-hydrogen) atoms. The standard InChI is InChI=1S/C18H16F3N3O5/c1-11(23-17(26)12-6-4-7-14(9-12)24(27)28)16(25)22-10-13-5-2-3-8-15(13)29-18(19,20)21/h2-9,11H,10H2,1H3,(H,22,25)(H,23,26). The van der Waals surface area contributed by atoms with Gasteiger partial charge >= 0.3 is 6.36 Å². The third kappa shape index (κ3) is 6.48. The van der Waals surface area contributed by atoms with Crippen LogP contribution in [0.25, 0.3) is 0 Å². The van der Waals surface area contributed by atoms with E-state index >= 15 is 0 Å². The van der Waals surface area contributed by atoms with Crippen molar-refractivity contribution in [2.45, 2.75) is 25.9 Å². The molecule has 0 fully saturated rings. The Morgan fingerprint density at radius 3 is 2.52 bits per heavy atom. The van der Waals surface area contributed by atoms with Crippen LogP contribution in [0.2, 0.25) is 0 Å². The lowest BCUT2D eigenvalue weighted by Crippen LogP contribution is -2.44. The molecule has 0 spiro atoms. The van der Waals surface area contributed by atoms with Crippen molar-refractivity contribution < 1.29 is 32.4 Å². The number of halogens is 3. The van der Waals surface area contributed by atoms with E-state index in [1.54, 1.807) is 0 Å². The van der Waals surface area contributed by atoms with Gasteiger partial charge in [-0.2, -0.15) is 0 Å². The molecule has 2 N–H and O–H groups in total. The molecule has 154 valence electrons. The van der Waals surface area contributed by atoms with Gasteiger partial charge in [-0.05, 0) is 19.1 Å². The van der Waals surface area contributed by atoms with E-state index in [1.165, 1.54) is 43.3 Å². The van der Waals surface area contributed by atoms with E-state index in [9.17, 15) is 32.9 Å². The number of carbonyl (C=O) groups excluding carboxylic acids is 2. The summed E-state index contributed by atoms with van der Waals surface area (Å²) >= 11 is 0. The molecule has 0 aromatic heterocycles. The van der Waals surface area contributed by atoms with E-state index in [-0.39, 0.29) is 23.4 Å². The summed E-state index contributed by atoms with van der Waals surface area (Å²) in [4.78, 5) is 34.4. The first kappa shape index (κ1) is 21.7. The number of rotatable bonds is 7. The molecule has 0 aliphatic heterocycles. The molecule has 2 rings (SSSR count). The molecule has 0 saturated carbocycles. The monoisotopic (exact) mass is 411 g/mol. The van der Waals surface area contributed by atoms with E-state index in [4.69, 9.17) is 0 Å².